The minimum atomic E-state index is -0.310. The molecule has 0 radical (unpaired) electrons. The molecule has 1 amide bonds. The lowest BCUT2D eigenvalue weighted by atomic mass is 10.1. The molecule has 0 saturated heterocycles. The number of oxazole rings is 1. The van der Waals surface area contributed by atoms with Crippen molar-refractivity contribution >= 4 is 11.6 Å². The molecule has 0 spiro atoms. The van der Waals surface area contributed by atoms with Crippen molar-refractivity contribution in [3.8, 4) is 28.5 Å². The minimum absolute atomic E-state index is 0.0845. The zero-order chi connectivity index (χ0) is 18.6. The number of anilines is 1. The maximum atomic E-state index is 12.7. The van der Waals surface area contributed by atoms with E-state index in [9.17, 15) is 9.90 Å². The van der Waals surface area contributed by atoms with Gasteiger partial charge in [-0.15, -0.1) is 0 Å². The molecule has 1 aromatic heterocycles. The van der Waals surface area contributed by atoms with Gasteiger partial charge in [-0.2, -0.15) is 0 Å². The van der Waals surface area contributed by atoms with Gasteiger partial charge in [0.15, 0.2) is 5.76 Å². The first-order valence-electron chi connectivity index (χ1n) is 8.42. The maximum Gasteiger partial charge on any atom is 0.256 e. The number of phenols is 1. The Bertz CT molecular complexity index is 1090. The first-order valence-corrected chi connectivity index (χ1v) is 8.42. The molecule has 4 aromatic rings. The van der Waals surface area contributed by atoms with Crippen LogP contribution in [0.4, 0.5) is 5.69 Å². The molecule has 3 aromatic carbocycles. The van der Waals surface area contributed by atoms with E-state index >= 15 is 0 Å². The lowest BCUT2D eigenvalue weighted by molar-refractivity contribution is 0.102. The summed E-state index contributed by atoms with van der Waals surface area (Å²) in [6.07, 6.45) is 1.65. The first-order chi connectivity index (χ1) is 13.2. The highest BCUT2D eigenvalue weighted by Crippen LogP contribution is 2.28. The third-order valence-corrected chi connectivity index (χ3v) is 4.07. The molecule has 2 N–H and O–H groups in total. The summed E-state index contributed by atoms with van der Waals surface area (Å²) in [6.45, 7) is 0. The highest BCUT2D eigenvalue weighted by Gasteiger charge is 2.17. The minimum Gasteiger partial charge on any atom is -0.508 e. The molecular weight excluding hydrogens is 340 g/mol. The van der Waals surface area contributed by atoms with Crippen LogP contribution in [-0.2, 0) is 0 Å². The van der Waals surface area contributed by atoms with Gasteiger partial charge in [0, 0.05) is 22.9 Å². The number of hydrogen-bond donors (Lipinski definition) is 2. The number of hydrogen-bond acceptors (Lipinski definition) is 4. The highest BCUT2D eigenvalue weighted by molar-refractivity contribution is 6.08. The van der Waals surface area contributed by atoms with Crippen molar-refractivity contribution in [2.24, 2.45) is 0 Å². The van der Waals surface area contributed by atoms with E-state index in [2.05, 4.69) is 10.3 Å². The fourth-order valence-corrected chi connectivity index (χ4v) is 2.78. The Labute approximate surface area is 155 Å². The Balaban J connectivity index is 1.65. The monoisotopic (exact) mass is 356 g/mol. The predicted molar refractivity (Wildman–Crippen MR) is 103 cm³/mol. The number of carbonyl (C=O) groups excluding carboxylic acids is 1. The molecule has 0 aliphatic heterocycles. The van der Waals surface area contributed by atoms with E-state index in [4.69, 9.17) is 4.42 Å². The average molecular weight is 356 g/mol. The van der Waals surface area contributed by atoms with Crippen molar-refractivity contribution in [2.75, 3.05) is 5.32 Å². The van der Waals surface area contributed by atoms with Gasteiger partial charge < -0.3 is 14.8 Å². The van der Waals surface area contributed by atoms with E-state index in [1.807, 2.05) is 36.4 Å². The molecule has 5 heteroatoms. The standard InChI is InChI=1S/C22H16N2O3/c25-17-10-6-9-16(13-17)24-21(26)18-11-4-5-12-19(18)22-23-14-20(27-22)15-7-2-1-3-8-15/h1-14,25H,(H,24,26). The maximum absolute atomic E-state index is 12.7. The molecule has 0 unspecified atom stereocenters. The molecular formula is C22H16N2O3. The van der Waals surface area contributed by atoms with E-state index in [1.165, 1.54) is 6.07 Å². The van der Waals surface area contributed by atoms with E-state index in [0.29, 0.717) is 28.5 Å². The van der Waals surface area contributed by atoms with Crippen LogP contribution < -0.4 is 5.32 Å². The third-order valence-electron chi connectivity index (χ3n) is 4.07. The van der Waals surface area contributed by atoms with Crippen LogP contribution in [0.25, 0.3) is 22.8 Å². The zero-order valence-corrected chi connectivity index (χ0v) is 14.3. The van der Waals surface area contributed by atoms with Crippen LogP contribution >= 0.6 is 0 Å². The molecule has 0 fully saturated rings. The van der Waals surface area contributed by atoms with Crippen molar-refractivity contribution in [2.45, 2.75) is 0 Å². The number of nitrogens with zero attached hydrogens (tertiary/aromatic N) is 1. The third kappa shape index (κ3) is 3.57. The molecule has 4 rings (SSSR count). The second-order valence-corrected chi connectivity index (χ2v) is 5.95. The van der Waals surface area contributed by atoms with Crippen LogP contribution in [0.3, 0.4) is 0 Å². The zero-order valence-electron chi connectivity index (χ0n) is 14.3. The van der Waals surface area contributed by atoms with Gasteiger partial charge in [-0.05, 0) is 24.3 Å². The van der Waals surface area contributed by atoms with Crippen LogP contribution in [0.2, 0.25) is 0 Å². The van der Waals surface area contributed by atoms with Gasteiger partial charge in [-0.3, -0.25) is 4.79 Å². The number of phenolic OH excluding ortho intramolecular Hbond substituents is 1. The summed E-state index contributed by atoms with van der Waals surface area (Å²) >= 11 is 0. The lowest BCUT2D eigenvalue weighted by Crippen LogP contribution is -2.13. The average Bonchev–Trinajstić information content (AvgIpc) is 3.19. The quantitative estimate of drug-likeness (QED) is 0.541. The number of nitrogens with one attached hydrogen (secondary N) is 1. The fourth-order valence-electron chi connectivity index (χ4n) is 2.78. The molecule has 0 bridgehead atoms. The summed E-state index contributed by atoms with van der Waals surface area (Å²) in [7, 11) is 0. The number of carbonyl (C=O) groups is 1. The van der Waals surface area contributed by atoms with Crippen molar-refractivity contribution in [3.05, 3.63) is 90.6 Å². The van der Waals surface area contributed by atoms with Crippen LogP contribution in [0.15, 0.2) is 89.5 Å². The Hall–Kier alpha value is -3.86. The van der Waals surface area contributed by atoms with Crippen LogP contribution in [-0.4, -0.2) is 16.0 Å². The van der Waals surface area contributed by atoms with E-state index < -0.39 is 0 Å². The molecule has 0 aliphatic rings. The van der Waals surface area contributed by atoms with Gasteiger partial charge in [0.1, 0.15) is 5.75 Å². The summed E-state index contributed by atoms with van der Waals surface area (Å²) in [4.78, 5) is 17.1. The van der Waals surface area contributed by atoms with Gasteiger partial charge in [0.2, 0.25) is 5.89 Å². The van der Waals surface area contributed by atoms with Crippen LogP contribution in [0.1, 0.15) is 10.4 Å². The second kappa shape index (κ2) is 7.17. The van der Waals surface area contributed by atoms with E-state index in [-0.39, 0.29) is 11.7 Å². The molecule has 0 saturated carbocycles. The largest absolute Gasteiger partial charge is 0.508 e. The Morgan fingerprint density at radius 2 is 1.70 bits per heavy atom. The second-order valence-electron chi connectivity index (χ2n) is 5.95. The van der Waals surface area contributed by atoms with Gasteiger partial charge in [-0.25, -0.2) is 4.98 Å². The molecule has 5 nitrogen and oxygen atoms in total. The summed E-state index contributed by atoms with van der Waals surface area (Å²) < 4.78 is 5.88. The number of aromatic nitrogens is 1. The Morgan fingerprint density at radius 3 is 2.52 bits per heavy atom. The molecule has 132 valence electrons. The SMILES string of the molecule is O=C(Nc1cccc(O)c1)c1ccccc1-c1ncc(-c2ccccc2)o1. The fraction of sp³-hybridized carbons (Fsp3) is 0. The predicted octanol–water partition coefficient (Wildman–Crippen LogP) is 4.97. The van der Waals surface area contributed by atoms with Crippen molar-refractivity contribution in [1.29, 1.82) is 0 Å². The highest BCUT2D eigenvalue weighted by atomic mass is 16.4. The summed E-state index contributed by atoms with van der Waals surface area (Å²) in [5.74, 6) is 0.779. The first kappa shape index (κ1) is 16.6. The number of rotatable bonds is 4. The van der Waals surface area contributed by atoms with Crippen molar-refractivity contribution in [3.63, 3.8) is 0 Å². The van der Waals surface area contributed by atoms with Gasteiger partial charge in [-0.1, -0.05) is 48.5 Å². The summed E-state index contributed by atoms with van der Waals surface area (Å²) in [5.41, 5.74) is 2.45. The molecule has 0 atom stereocenters. The van der Waals surface area contributed by atoms with E-state index in [1.54, 1.807) is 42.6 Å². The van der Waals surface area contributed by atoms with Gasteiger partial charge in [0.05, 0.1) is 11.8 Å². The molecule has 0 aliphatic carbocycles. The Kier molecular flexibility index (Phi) is 4.41. The molecule has 1 heterocycles. The summed E-state index contributed by atoms with van der Waals surface area (Å²) in [5, 5.41) is 12.3. The number of amides is 1. The van der Waals surface area contributed by atoms with Crippen LogP contribution in [0, 0.1) is 0 Å². The topological polar surface area (TPSA) is 75.4 Å². The van der Waals surface area contributed by atoms with Crippen LogP contribution in [0.5, 0.6) is 5.75 Å². The van der Waals surface area contributed by atoms with Gasteiger partial charge >= 0.3 is 0 Å². The number of benzene rings is 3. The molecule has 27 heavy (non-hydrogen) atoms. The van der Waals surface area contributed by atoms with E-state index in [0.717, 1.165) is 5.56 Å². The number of aromatic hydroxyl groups is 1. The summed E-state index contributed by atoms with van der Waals surface area (Å²) in [6, 6.07) is 23.2. The van der Waals surface area contributed by atoms with Crippen molar-refractivity contribution in [1.82, 2.24) is 4.98 Å². The van der Waals surface area contributed by atoms with Gasteiger partial charge in [0.25, 0.3) is 5.91 Å². The normalized spacial score (nSPS) is 10.5. The Morgan fingerprint density at radius 1 is 0.926 bits per heavy atom. The smallest absolute Gasteiger partial charge is 0.256 e. The van der Waals surface area contributed by atoms with Crippen molar-refractivity contribution < 1.29 is 14.3 Å². The lowest BCUT2D eigenvalue weighted by Gasteiger charge is -2.08.